The molecule has 0 unspecified atom stereocenters. The normalized spacial score (nSPS) is 20.7. The molecule has 0 radical (unpaired) electrons. The van der Waals surface area contributed by atoms with Crippen LogP contribution in [-0.4, -0.2) is 48.6 Å². The van der Waals surface area contributed by atoms with Crippen LogP contribution in [0.2, 0.25) is 0 Å². The number of ether oxygens (including phenoxy) is 1. The predicted molar refractivity (Wildman–Crippen MR) is 161 cm³/mol. The van der Waals surface area contributed by atoms with Crippen LogP contribution < -0.4 is 10.1 Å². The molecule has 0 bridgehead atoms. The van der Waals surface area contributed by atoms with E-state index in [9.17, 15) is 9.90 Å². The molecule has 3 N–H and O–H groups in total. The Bertz CT molecular complexity index is 1600. The number of imidazole rings is 1. The van der Waals surface area contributed by atoms with Crippen molar-refractivity contribution in [3.05, 3.63) is 65.4 Å². The van der Waals surface area contributed by atoms with Gasteiger partial charge in [-0.2, -0.15) is 0 Å². The van der Waals surface area contributed by atoms with E-state index in [1.807, 2.05) is 23.1 Å². The molecule has 0 spiro atoms. The summed E-state index contributed by atoms with van der Waals surface area (Å²) in [5.41, 5.74) is 5.89. The van der Waals surface area contributed by atoms with Crippen molar-refractivity contribution in [2.75, 3.05) is 11.9 Å². The van der Waals surface area contributed by atoms with Gasteiger partial charge in [0.1, 0.15) is 23.7 Å². The average Bonchev–Trinajstić information content (AvgIpc) is 3.73. The summed E-state index contributed by atoms with van der Waals surface area (Å²) in [5, 5.41) is 12.9. The molecule has 2 amide bonds. The van der Waals surface area contributed by atoms with E-state index in [4.69, 9.17) is 9.72 Å². The molecule has 3 heterocycles. The number of phenolic OH excluding ortho intramolecular Hbond substituents is 1. The minimum absolute atomic E-state index is 0.0306. The fraction of sp³-hybridized carbons (Fsp3) is 0.455. The lowest BCUT2D eigenvalue weighted by Crippen LogP contribution is -2.44. The Morgan fingerprint density at radius 2 is 1.86 bits per heavy atom. The molecule has 4 aromatic rings. The van der Waals surface area contributed by atoms with Gasteiger partial charge in [-0.25, -0.2) is 19.7 Å². The summed E-state index contributed by atoms with van der Waals surface area (Å²) in [4.78, 5) is 32.1. The number of anilines is 1. The molecule has 0 atom stereocenters. The molecule has 2 aromatic carbocycles. The van der Waals surface area contributed by atoms with Gasteiger partial charge >= 0.3 is 6.03 Å². The van der Waals surface area contributed by atoms with Crippen LogP contribution in [0.4, 0.5) is 10.5 Å². The van der Waals surface area contributed by atoms with Crippen LogP contribution in [0.5, 0.6) is 17.4 Å². The highest BCUT2D eigenvalue weighted by atomic mass is 16.5. The number of aromatic hydroxyl groups is 1. The number of phenols is 1. The number of aryl methyl sites for hydroxylation is 2. The molecule has 3 aliphatic rings. The molecule has 9 nitrogen and oxygen atoms in total. The van der Waals surface area contributed by atoms with Gasteiger partial charge in [-0.3, -0.25) is 0 Å². The molecule has 2 aromatic heterocycles. The van der Waals surface area contributed by atoms with Crippen LogP contribution in [0.1, 0.15) is 67.6 Å². The number of hydrogen-bond acceptors (Lipinski definition) is 6. The number of amides is 2. The van der Waals surface area contributed by atoms with E-state index in [0.29, 0.717) is 18.3 Å². The summed E-state index contributed by atoms with van der Waals surface area (Å²) < 4.78 is 6.18. The van der Waals surface area contributed by atoms with Gasteiger partial charge in [0.05, 0.1) is 11.0 Å². The highest BCUT2D eigenvalue weighted by molar-refractivity contribution is 5.91. The first-order valence-electron chi connectivity index (χ1n) is 15.3. The third-order valence-electron chi connectivity index (χ3n) is 9.18. The second-order valence-corrected chi connectivity index (χ2v) is 12.3. The Morgan fingerprint density at radius 3 is 2.69 bits per heavy atom. The van der Waals surface area contributed by atoms with Crippen LogP contribution in [0.3, 0.4) is 0 Å². The highest BCUT2D eigenvalue weighted by Crippen LogP contribution is 2.35. The van der Waals surface area contributed by atoms with Gasteiger partial charge in [0.25, 0.3) is 0 Å². The van der Waals surface area contributed by atoms with E-state index in [0.717, 1.165) is 102 Å². The van der Waals surface area contributed by atoms with E-state index < -0.39 is 0 Å². The van der Waals surface area contributed by atoms with Gasteiger partial charge in [-0.15, -0.1) is 0 Å². The van der Waals surface area contributed by atoms with Crippen molar-refractivity contribution in [1.29, 1.82) is 0 Å². The van der Waals surface area contributed by atoms with E-state index in [1.54, 1.807) is 24.5 Å². The van der Waals surface area contributed by atoms with Crippen molar-refractivity contribution in [2.24, 2.45) is 11.8 Å². The summed E-state index contributed by atoms with van der Waals surface area (Å²) in [6, 6.07) is 11.4. The van der Waals surface area contributed by atoms with Crippen LogP contribution >= 0.6 is 0 Å². The lowest BCUT2D eigenvalue weighted by atomic mass is 9.82. The van der Waals surface area contributed by atoms with Gasteiger partial charge < -0.3 is 25.0 Å². The number of carbonyl (C=O) groups excluding carboxylic acids is 1. The molecular formula is C33H38N6O3. The van der Waals surface area contributed by atoms with Crippen LogP contribution in [0.25, 0.3) is 11.0 Å². The van der Waals surface area contributed by atoms with Crippen molar-refractivity contribution in [2.45, 2.75) is 77.2 Å². The fourth-order valence-electron chi connectivity index (χ4n) is 6.63. The van der Waals surface area contributed by atoms with E-state index in [-0.39, 0.29) is 17.8 Å². The Hall–Kier alpha value is -4.14. The number of nitrogens with one attached hydrogen (secondary N) is 2. The van der Waals surface area contributed by atoms with Crippen molar-refractivity contribution in [3.8, 4) is 17.4 Å². The molecule has 0 saturated heterocycles. The molecule has 1 aliphatic heterocycles. The molecule has 2 fully saturated rings. The number of H-pyrrole nitrogens is 1. The Labute approximate surface area is 245 Å². The fourth-order valence-corrected chi connectivity index (χ4v) is 6.63. The third-order valence-corrected chi connectivity index (χ3v) is 9.18. The van der Waals surface area contributed by atoms with E-state index in [2.05, 4.69) is 27.2 Å². The largest absolute Gasteiger partial charge is 0.508 e. The number of aromatic amines is 1. The number of fused-ring (bicyclic) bond motifs is 2. The number of benzene rings is 2. The lowest BCUT2D eigenvalue weighted by molar-refractivity contribution is 0.153. The number of rotatable bonds is 8. The molecule has 2 saturated carbocycles. The minimum Gasteiger partial charge on any atom is -0.508 e. The standard InChI is InChI=1S/C33H38N6O3/c1-20-14-27(18-29-32(20)38-30(36-29)15-22-2-3-22)42-31-17-24(34-19-35-31)7-4-21-5-8-25(9-6-21)39-13-12-23-16-26(40)10-11-28(23)37-33(39)41/h10-11,14,16-19,21-22,25,40H,2-9,12-13,15H2,1H3,(H,36,38)(H,37,41). The lowest BCUT2D eigenvalue weighted by Gasteiger charge is -2.36. The van der Waals surface area contributed by atoms with Gasteiger partial charge in [-0.05, 0) is 112 Å². The average molecular weight is 567 g/mol. The van der Waals surface area contributed by atoms with Crippen molar-refractivity contribution in [3.63, 3.8) is 0 Å². The summed E-state index contributed by atoms with van der Waals surface area (Å²) in [5.74, 6) is 4.01. The zero-order chi connectivity index (χ0) is 28.6. The smallest absolute Gasteiger partial charge is 0.322 e. The molecule has 42 heavy (non-hydrogen) atoms. The van der Waals surface area contributed by atoms with Crippen LogP contribution in [0.15, 0.2) is 42.7 Å². The summed E-state index contributed by atoms with van der Waals surface area (Å²) in [6.45, 7) is 2.75. The molecule has 218 valence electrons. The van der Waals surface area contributed by atoms with Gasteiger partial charge in [-0.1, -0.05) is 0 Å². The number of carbonyl (C=O) groups is 1. The third kappa shape index (κ3) is 5.91. The molecular weight excluding hydrogens is 528 g/mol. The molecule has 2 aliphatic carbocycles. The van der Waals surface area contributed by atoms with Gasteiger partial charge in [0, 0.05) is 42.5 Å². The summed E-state index contributed by atoms with van der Waals surface area (Å²) >= 11 is 0. The first-order valence-corrected chi connectivity index (χ1v) is 15.3. The number of nitrogens with zero attached hydrogens (tertiary/aromatic N) is 4. The maximum Gasteiger partial charge on any atom is 0.322 e. The van der Waals surface area contributed by atoms with Crippen LogP contribution in [-0.2, 0) is 19.3 Å². The Balaban J connectivity index is 0.923. The SMILES string of the molecule is Cc1cc(Oc2cc(CCC3CCC(N4CCc5cc(O)ccc5NC4=O)CC3)ncn2)cc2[nH]c(CC3CC3)nc12. The zero-order valence-electron chi connectivity index (χ0n) is 24.1. The Morgan fingerprint density at radius 1 is 1.02 bits per heavy atom. The van der Waals surface area contributed by atoms with Gasteiger partial charge in [0.15, 0.2) is 0 Å². The summed E-state index contributed by atoms with van der Waals surface area (Å²) in [7, 11) is 0. The topological polar surface area (TPSA) is 116 Å². The quantitative estimate of drug-likeness (QED) is 0.205. The van der Waals surface area contributed by atoms with Crippen molar-refractivity contribution >= 4 is 22.8 Å². The number of hydrogen-bond donors (Lipinski definition) is 3. The first-order chi connectivity index (χ1) is 20.5. The molecule has 9 heteroatoms. The van der Waals surface area contributed by atoms with E-state index >= 15 is 0 Å². The monoisotopic (exact) mass is 566 g/mol. The molecule has 7 rings (SSSR count). The second kappa shape index (κ2) is 11.3. The predicted octanol–water partition coefficient (Wildman–Crippen LogP) is 6.69. The Kier molecular flexibility index (Phi) is 7.17. The minimum atomic E-state index is -0.0306. The van der Waals surface area contributed by atoms with E-state index in [1.165, 1.54) is 12.8 Å². The second-order valence-electron chi connectivity index (χ2n) is 12.3. The number of aromatic nitrogens is 4. The maximum atomic E-state index is 13.0. The number of urea groups is 1. The van der Waals surface area contributed by atoms with Crippen molar-refractivity contribution in [1.82, 2.24) is 24.8 Å². The highest BCUT2D eigenvalue weighted by Gasteiger charge is 2.31. The first kappa shape index (κ1) is 26.7. The summed E-state index contributed by atoms with van der Waals surface area (Å²) in [6.07, 6.45) is 12.1. The van der Waals surface area contributed by atoms with Gasteiger partial charge in [0.2, 0.25) is 5.88 Å². The maximum absolute atomic E-state index is 13.0. The zero-order valence-corrected chi connectivity index (χ0v) is 24.1. The van der Waals surface area contributed by atoms with Crippen molar-refractivity contribution < 1.29 is 14.6 Å². The van der Waals surface area contributed by atoms with Crippen LogP contribution in [0, 0.1) is 18.8 Å².